The molecule has 0 fully saturated rings. The van der Waals surface area contributed by atoms with Crippen LogP contribution in [0.1, 0.15) is 53.2 Å². The lowest BCUT2D eigenvalue weighted by Crippen LogP contribution is -2.42. The number of benzene rings is 1. The number of hydrogen-bond acceptors (Lipinski definition) is 4. The van der Waals surface area contributed by atoms with Gasteiger partial charge in [0.1, 0.15) is 0 Å². The zero-order valence-electron chi connectivity index (χ0n) is 14.8. The molecule has 6 nitrogen and oxygen atoms in total. The highest BCUT2D eigenvalue weighted by molar-refractivity contribution is 6.03. The predicted octanol–water partition coefficient (Wildman–Crippen LogP) is 3.12. The first-order chi connectivity index (χ1) is 11.9. The average Bonchev–Trinajstić information content (AvgIpc) is 3.16. The summed E-state index contributed by atoms with van der Waals surface area (Å²) in [5.74, 6) is -0.476. The van der Waals surface area contributed by atoms with Crippen molar-refractivity contribution >= 4 is 17.5 Å². The van der Waals surface area contributed by atoms with Gasteiger partial charge in [0, 0.05) is 17.8 Å². The predicted molar refractivity (Wildman–Crippen MR) is 95.7 cm³/mol. The van der Waals surface area contributed by atoms with Gasteiger partial charge < -0.3 is 20.2 Å². The molecule has 0 radical (unpaired) electrons. The fourth-order valence-corrected chi connectivity index (χ4v) is 2.34. The van der Waals surface area contributed by atoms with Crippen molar-refractivity contribution in [3.8, 4) is 0 Å². The van der Waals surface area contributed by atoms with Crippen LogP contribution in [0.25, 0.3) is 0 Å². The molecule has 0 bridgehead atoms. The highest BCUT2D eigenvalue weighted by Crippen LogP contribution is 2.19. The van der Waals surface area contributed by atoms with E-state index in [0.29, 0.717) is 24.1 Å². The molecule has 134 valence electrons. The fraction of sp³-hybridized carbons (Fsp3) is 0.368. The van der Waals surface area contributed by atoms with Gasteiger partial charge in [-0.3, -0.25) is 9.59 Å². The Morgan fingerprint density at radius 3 is 2.48 bits per heavy atom. The van der Waals surface area contributed by atoms with E-state index in [1.54, 1.807) is 30.3 Å². The molecule has 6 heteroatoms. The number of anilines is 1. The number of amides is 2. The summed E-state index contributed by atoms with van der Waals surface area (Å²) in [5, 5.41) is 15.8. The van der Waals surface area contributed by atoms with E-state index in [2.05, 4.69) is 10.6 Å². The first-order valence-corrected chi connectivity index (χ1v) is 8.34. The van der Waals surface area contributed by atoms with Crippen molar-refractivity contribution in [3.05, 3.63) is 53.5 Å². The lowest BCUT2D eigenvalue weighted by Gasteiger charge is -2.25. The van der Waals surface area contributed by atoms with Gasteiger partial charge in [-0.15, -0.1) is 0 Å². The van der Waals surface area contributed by atoms with Crippen molar-refractivity contribution in [2.45, 2.75) is 39.2 Å². The van der Waals surface area contributed by atoms with Crippen LogP contribution in [0.3, 0.4) is 0 Å². The summed E-state index contributed by atoms with van der Waals surface area (Å²) in [6, 6.07) is 8.26. The van der Waals surface area contributed by atoms with Crippen molar-refractivity contribution in [2.75, 3.05) is 11.9 Å². The molecule has 0 aliphatic rings. The smallest absolute Gasteiger partial charge is 0.291 e. The Balaban J connectivity index is 2.10. The number of furan rings is 1. The normalized spacial score (nSPS) is 11.2. The molecule has 3 N–H and O–H groups in total. The molecule has 0 aliphatic carbocycles. The molecule has 0 saturated heterocycles. The highest BCUT2D eigenvalue weighted by Gasteiger charge is 2.23. The Bertz CT molecular complexity index is 734. The van der Waals surface area contributed by atoms with Gasteiger partial charge in [-0.25, -0.2) is 0 Å². The molecule has 2 rings (SSSR count). The second kappa shape index (κ2) is 7.98. The first kappa shape index (κ1) is 18.7. The minimum Gasteiger partial charge on any atom is -0.459 e. The molecule has 1 heterocycles. The van der Waals surface area contributed by atoms with E-state index in [4.69, 9.17) is 4.42 Å². The van der Waals surface area contributed by atoms with Crippen LogP contribution in [0.4, 0.5) is 5.69 Å². The lowest BCUT2D eigenvalue weighted by molar-refractivity contribution is 0.0314. The van der Waals surface area contributed by atoms with Crippen LogP contribution in [-0.2, 0) is 0 Å². The summed E-state index contributed by atoms with van der Waals surface area (Å²) in [6.45, 7) is 5.78. The van der Waals surface area contributed by atoms with Gasteiger partial charge in [0.25, 0.3) is 11.8 Å². The van der Waals surface area contributed by atoms with E-state index in [9.17, 15) is 14.7 Å². The number of carbonyl (C=O) groups is 2. The summed E-state index contributed by atoms with van der Waals surface area (Å²) in [6.07, 6.45) is 2.54. The Morgan fingerprint density at radius 1 is 1.16 bits per heavy atom. The van der Waals surface area contributed by atoms with E-state index in [1.165, 1.54) is 6.26 Å². The SMILES string of the molecule is CCC(O)(CC)CNC(=O)c1ccc(C)c(NC(=O)c2ccco2)c1. The molecule has 1 aromatic carbocycles. The van der Waals surface area contributed by atoms with Gasteiger partial charge in [-0.2, -0.15) is 0 Å². The van der Waals surface area contributed by atoms with Gasteiger partial charge in [0.15, 0.2) is 5.76 Å². The summed E-state index contributed by atoms with van der Waals surface area (Å²) < 4.78 is 5.07. The lowest BCUT2D eigenvalue weighted by atomic mass is 9.97. The Morgan fingerprint density at radius 2 is 1.88 bits per heavy atom. The molecule has 0 atom stereocenters. The first-order valence-electron chi connectivity index (χ1n) is 8.34. The monoisotopic (exact) mass is 344 g/mol. The number of hydrogen-bond donors (Lipinski definition) is 3. The number of aryl methyl sites for hydroxylation is 1. The minimum absolute atomic E-state index is 0.181. The molecule has 2 amide bonds. The second-order valence-corrected chi connectivity index (χ2v) is 6.08. The molecule has 0 spiro atoms. The molecular weight excluding hydrogens is 320 g/mol. The molecule has 0 unspecified atom stereocenters. The van der Waals surface area contributed by atoms with E-state index in [0.717, 1.165) is 5.56 Å². The zero-order valence-corrected chi connectivity index (χ0v) is 14.8. The van der Waals surface area contributed by atoms with E-state index in [-0.39, 0.29) is 24.1 Å². The number of aliphatic hydroxyl groups is 1. The summed E-state index contributed by atoms with van der Waals surface area (Å²) >= 11 is 0. The standard InChI is InChI=1S/C19H24N2O4/c1-4-19(24,5-2)12-20-17(22)14-9-8-13(3)15(11-14)21-18(23)16-7-6-10-25-16/h6-11,24H,4-5,12H2,1-3H3,(H,20,22)(H,21,23). The van der Waals surface area contributed by atoms with Crippen molar-refractivity contribution in [1.82, 2.24) is 5.32 Å². The van der Waals surface area contributed by atoms with Crippen LogP contribution < -0.4 is 10.6 Å². The van der Waals surface area contributed by atoms with Gasteiger partial charge >= 0.3 is 0 Å². The Kier molecular flexibility index (Phi) is 5.98. The van der Waals surface area contributed by atoms with Gasteiger partial charge in [-0.1, -0.05) is 19.9 Å². The zero-order chi connectivity index (χ0) is 18.4. The van der Waals surface area contributed by atoms with Crippen LogP contribution in [0.15, 0.2) is 41.0 Å². The maximum Gasteiger partial charge on any atom is 0.291 e. The van der Waals surface area contributed by atoms with Crippen molar-refractivity contribution in [3.63, 3.8) is 0 Å². The molecular formula is C19H24N2O4. The van der Waals surface area contributed by atoms with Crippen LogP contribution in [0.5, 0.6) is 0 Å². The third kappa shape index (κ3) is 4.70. The van der Waals surface area contributed by atoms with E-state index >= 15 is 0 Å². The highest BCUT2D eigenvalue weighted by atomic mass is 16.3. The van der Waals surface area contributed by atoms with Gasteiger partial charge in [0.05, 0.1) is 11.9 Å². The van der Waals surface area contributed by atoms with Crippen LogP contribution in [0, 0.1) is 6.92 Å². The van der Waals surface area contributed by atoms with Crippen molar-refractivity contribution in [1.29, 1.82) is 0 Å². The summed E-state index contributed by atoms with van der Waals surface area (Å²) in [5.41, 5.74) is 0.872. The second-order valence-electron chi connectivity index (χ2n) is 6.08. The summed E-state index contributed by atoms with van der Waals surface area (Å²) in [7, 11) is 0. The van der Waals surface area contributed by atoms with Gasteiger partial charge in [0.2, 0.25) is 0 Å². The van der Waals surface area contributed by atoms with Crippen LogP contribution in [0.2, 0.25) is 0 Å². The quantitative estimate of drug-likeness (QED) is 0.719. The average molecular weight is 344 g/mol. The maximum atomic E-state index is 12.3. The largest absolute Gasteiger partial charge is 0.459 e. The topological polar surface area (TPSA) is 91.6 Å². The van der Waals surface area contributed by atoms with Crippen LogP contribution in [-0.4, -0.2) is 29.1 Å². The number of rotatable bonds is 7. The maximum absolute atomic E-state index is 12.3. The van der Waals surface area contributed by atoms with E-state index in [1.807, 2.05) is 20.8 Å². The molecule has 0 aliphatic heterocycles. The van der Waals surface area contributed by atoms with E-state index < -0.39 is 5.60 Å². The van der Waals surface area contributed by atoms with Crippen LogP contribution >= 0.6 is 0 Å². The third-order valence-electron chi connectivity index (χ3n) is 4.39. The number of carbonyl (C=O) groups excluding carboxylic acids is 2. The molecule has 2 aromatic rings. The Hall–Kier alpha value is -2.60. The van der Waals surface area contributed by atoms with Crippen molar-refractivity contribution in [2.24, 2.45) is 0 Å². The Labute approximate surface area is 147 Å². The van der Waals surface area contributed by atoms with Crippen molar-refractivity contribution < 1.29 is 19.1 Å². The fourth-order valence-electron chi connectivity index (χ4n) is 2.34. The number of nitrogens with one attached hydrogen (secondary N) is 2. The van der Waals surface area contributed by atoms with Gasteiger partial charge in [-0.05, 0) is 49.6 Å². The summed E-state index contributed by atoms with van der Waals surface area (Å²) in [4.78, 5) is 24.5. The minimum atomic E-state index is -0.906. The molecule has 25 heavy (non-hydrogen) atoms. The third-order valence-corrected chi connectivity index (χ3v) is 4.39. The molecule has 1 aromatic heterocycles. The molecule has 0 saturated carbocycles.